The standard InChI is InChI=1S/C17H20N2O/c1-2-18-13-15-8-10-16(11-9-15)19-17(20)12-14-6-4-3-5-7-14/h3-11,18H,2,12-13H2,1H3,(H,19,20). The van der Waals surface area contributed by atoms with Crippen LogP contribution in [-0.4, -0.2) is 12.5 Å². The second-order valence-corrected chi connectivity index (χ2v) is 4.69. The molecular weight excluding hydrogens is 248 g/mol. The van der Waals surface area contributed by atoms with Crippen LogP contribution >= 0.6 is 0 Å². The van der Waals surface area contributed by atoms with Gasteiger partial charge in [0.05, 0.1) is 6.42 Å². The molecule has 0 unspecified atom stereocenters. The van der Waals surface area contributed by atoms with Crippen molar-refractivity contribution >= 4 is 11.6 Å². The summed E-state index contributed by atoms with van der Waals surface area (Å²) >= 11 is 0. The van der Waals surface area contributed by atoms with Crippen molar-refractivity contribution in [2.75, 3.05) is 11.9 Å². The highest BCUT2D eigenvalue weighted by Gasteiger charge is 2.03. The van der Waals surface area contributed by atoms with Crippen LogP contribution in [0, 0.1) is 0 Å². The molecule has 0 aromatic heterocycles. The van der Waals surface area contributed by atoms with Gasteiger partial charge in [-0.3, -0.25) is 4.79 Å². The first-order chi connectivity index (χ1) is 9.78. The Labute approximate surface area is 120 Å². The fourth-order valence-electron chi connectivity index (χ4n) is 1.96. The predicted molar refractivity (Wildman–Crippen MR) is 82.6 cm³/mol. The molecule has 0 atom stereocenters. The van der Waals surface area contributed by atoms with E-state index in [1.54, 1.807) is 0 Å². The molecule has 0 aliphatic carbocycles. The summed E-state index contributed by atoms with van der Waals surface area (Å²) in [6, 6.07) is 17.7. The van der Waals surface area contributed by atoms with Gasteiger partial charge in [0.15, 0.2) is 0 Å². The Bertz CT molecular complexity index is 535. The molecule has 0 bridgehead atoms. The molecule has 0 saturated carbocycles. The first-order valence-corrected chi connectivity index (χ1v) is 6.91. The molecule has 0 spiro atoms. The van der Waals surface area contributed by atoms with Crippen LogP contribution in [0.25, 0.3) is 0 Å². The van der Waals surface area contributed by atoms with Crippen LogP contribution in [0.15, 0.2) is 54.6 Å². The van der Waals surface area contributed by atoms with Gasteiger partial charge in [-0.1, -0.05) is 49.4 Å². The lowest BCUT2D eigenvalue weighted by Gasteiger charge is -2.07. The molecular formula is C17H20N2O. The molecule has 3 heteroatoms. The third-order valence-corrected chi connectivity index (χ3v) is 3.02. The minimum atomic E-state index is 0.00985. The molecule has 0 saturated heterocycles. The van der Waals surface area contributed by atoms with Gasteiger partial charge in [-0.15, -0.1) is 0 Å². The summed E-state index contributed by atoms with van der Waals surface area (Å²) < 4.78 is 0. The Morgan fingerprint density at radius 1 is 0.950 bits per heavy atom. The molecule has 2 aromatic carbocycles. The normalized spacial score (nSPS) is 10.2. The maximum Gasteiger partial charge on any atom is 0.228 e. The number of carbonyl (C=O) groups is 1. The van der Waals surface area contributed by atoms with Gasteiger partial charge < -0.3 is 10.6 Å². The zero-order valence-electron chi connectivity index (χ0n) is 11.7. The molecule has 2 N–H and O–H groups in total. The lowest BCUT2D eigenvalue weighted by Crippen LogP contribution is -2.14. The average molecular weight is 268 g/mol. The number of amides is 1. The van der Waals surface area contributed by atoms with Crippen LogP contribution in [0.4, 0.5) is 5.69 Å². The van der Waals surface area contributed by atoms with Crippen LogP contribution in [0.3, 0.4) is 0 Å². The van der Waals surface area contributed by atoms with Crippen molar-refractivity contribution in [3.8, 4) is 0 Å². The van der Waals surface area contributed by atoms with E-state index in [-0.39, 0.29) is 5.91 Å². The first-order valence-electron chi connectivity index (χ1n) is 6.91. The number of hydrogen-bond donors (Lipinski definition) is 2. The van der Waals surface area contributed by atoms with E-state index in [1.165, 1.54) is 5.56 Å². The minimum Gasteiger partial charge on any atom is -0.326 e. The maximum absolute atomic E-state index is 11.9. The van der Waals surface area contributed by atoms with Crippen molar-refractivity contribution in [2.24, 2.45) is 0 Å². The van der Waals surface area contributed by atoms with Crippen molar-refractivity contribution in [3.05, 3.63) is 65.7 Å². The molecule has 0 radical (unpaired) electrons. The van der Waals surface area contributed by atoms with Gasteiger partial charge >= 0.3 is 0 Å². The fraction of sp³-hybridized carbons (Fsp3) is 0.235. The number of nitrogens with one attached hydrogen (secondary N) is 2. The van der Waals surface area contributed by atoms with Gasteiger partial charge in [-0.05, 0) is 29.8 Å². The predicted octanol–water partition coefficient (Wildman–Crippen LogP) is 2.98. The van der Waals surface area contributed by atoms with E-state index in [4.69, 9.17) is 0 Å². The fourth-order valence-corrected chi connectivity index (χ4v) is 1.96. The summed E-state index contributed by atoms with van der Waals surface area (Å²) in [6.45, 7) is 3.89. The van der Waals surface area contributed by atoms with Gasteiger partial charge in [0.25, 0.3) is 0 Å². The quantitative estimate of drug-likeness (QED) is 0.845. The summed E-state index contributed by atoms with van der Waals surface area (Å²) in [7, 11) is 0. The van der Waals surface area contributed by atoms with Crippen molar-refractivity contribution in [2.45, 2.75) is 19.9 Å². The Morgan fingerprint density at radius 2 is 1.65 bits per heavy atom. The number of rotatable bonds is 6. The monoisotopic (exact) mass is 268 g/mol. The van der Waals surface area contributed by atoms with E-state index in [9.17, 15) is 4.79 Å². The molecule has 2 aromatic rings. The summed E-state index contributed by atoms with van der Waals surface area (Å²) in [5.74, 6) is 0.00985. The maximum atomic E-state index is 11.9. The Balaban J connectivity index is 1.88. The number of hydrogen-bond acceptors (Lipinski definition) is 2. The van der Waals surface area contributed by atoms with Crippen molar-refractivity contribution in [1.82, 2.24) is 5.32 Å². The molecule has 0 aliphatic rings. The van der Waals surface area contributed by atoms with Crippen LogP contribution in [0.5, 0.6) is 0 Å². The highest BCUT2D eigenvalue weighted by Crippen LogP contribution is 2.10. The highest BCUT2D eigenvalue weighted by atomic mass is 16.1. The molecule has 1 amide bonds. The lowest BCUT2D eigenvalue weighted by molar-refractivity contribution is -0.115. The summed E-state index contributed by atoms with van der Waals surface area (Å²) in [5, 5.41) is 6.18. The van der Waals surface area contributed by atoms with Gasteiger partial charge in [-0.25, -0.2) is 0 Å². The minimum absolute atomic E-state index is 0.00985. The smallest absolute Gasteiger partial charge is 0.228 e. The molecule has 104 valence electrons. The average Bonchev–Trinajstić information content (AvgIpc) is 2.47. The number of carbonyl (C=O) groups excluding carboxylic acids is 1. The first kappa shape index (κ1) is 14.3. The Morgan fingerprint density at radius 3 is 2.30 bits per heavy atom. The Hall–Kier alpha value is -2.13. The van der Waals surface area contributed by atoms with Crippen LogP contribution < -0.4 is 10.6 Å². The summed E-state index contributed by atoms with van der Waals surface area (Å²) in [6.07, 6.45) is 0.403. The zero-order valence-corrected chi connectivity index (χ0v) is 11.7. The van der Waals surface area contributed by atoms with Gasteiger partial charge in [0, 0.05) is 12.2 Å². The van der Waals surface area contributed by atoms with Gasteiger partial charge in [0.2, 0.25) is 5.91 Å². The molecule has 3 nitrogen and oxygen atoms in total. The second kappa shape index (κ2) is 7.46. The molecule has 0 aliphatic heterocycles. The van der Waals surface area contributed by atoms with E-state index in [0.29, 0.717) is 6.42 Å². The van der Waals surface area contributed by atoms with Crippen LogP contribution in [0.2, 0.25) is 0 Å². The topological polar surface area (TPSA) is 41.1 Å². The van der Waals surface area contributed by atoms with Crippen molar-refractivity contribution < 1.29 is 4.79 Å². The lowest BCUT2D eigenvalue weighted by atomic mass is 10.1. The van der Waals surface area contributed by atoms with Crippen LogP contribution in [0.1, 0.15) is 18.1 Å². The molecule has 20 heavy (non-hydrogen) atoms. The van der Waals surface area contributed by atoms with Gasteiger partial charge in [0.1, 0.15) is 0 Å². The zero-order chi connectivity index (χ0) is 14.2. The van der Waals surface area contributed by atoms with E-state index in [2.05, 4.69) is 17.6 Å². The number of anilines is 1. The molecule has 0 heterocycles. The van der Waals surface area contributed by atoms with Crippen LogP contribution in [-0.2, 0) is 17.8 Å². The second-order valence-electron chi connectivity index (χ2n) is 4.69. The third-order valence-electron chi connectivity index (χ3n) is 3.02. The summed E-state index contributed by atoms with van der Waals surface area (Å²) in [4.78, 5) is 11.9. The van der Waals surface area contributed by atoms with E-state index >= 15 is 0 Å². The Kier molecular flexibility index (Phi) is 5.33. The molecule has 0 fully saturated rings. The summed E-state index contributed by atoms with van der Waals surface area (Å²) in [5.41, 5.74) is 3.08. The van der Waals surface area contributed by atoms with Crippen molar-refractivity contribution in [3.63, 3.8) is 0 Å². The highest BCUT2D eigenvalue weighted by molar-refractivity contribution is 5.92. The van der Waals surface area contributed by atoms with E-state index < -0.39 is 0 Å². The largest absolute Gasteiger partial charge is 0.326 e. The molecule has 2 rings (SSSR count). The van der Waals surface area contributed by atoms with E-state index in [1.807, 2.05) is 54.6 Å². The van der Waals surface area contributed by atoms with E-state index in [0.717, 1.165) is 24.3 Å². The third kappa shape index (κ3) is 4.52. The van der Waals surface area contributed by atoms with Gasteiger partial charge in [-0.2, -0.15) is 0 Å². The SMILES string of the molecule is CCNCc1ccc(NC(=O)Cc2ccccc2)cc1. The number of benzene rings is 2. The van der Waals surface area contributed by atoms with Crippen molar-refractivity contribution in [1.29, 1.82) is 0 Å².